The highest BCUT2D eigenvalue weighted by Gasteiger charge is 2.29. The van der Waals surface area contributed by atoms with Crippen LogP contribution >= 0.6 is 0 Å². The van der Waals surface area contributed by atoms with Crippen molar-refractivity contribution in [1.82, 2.24) is 0 Å². The van der Waals surface area contributed by atoms with E-state index in [-0.39, 0.29) is 17.9 Å². The van der Waals surface area contributed by atoms with Crippen molar-refractivity contribution in [1.29, 1.82) is 0 Å². The fraction of sp³-hybridized carbons (Fsp3) is 0.385. The largest absolute Gasteiger partial charge is 0.449 e. The Labute approximate surface area is 106 Å². The molecule has 1 aliphatic heterocycles. The molecule has 0 radical (unpaired) electrons. The van der Waals surface area contributed by atoms with E-state index in [1.807, 2.05) is 0 Å². The van der Waals surface area contributed by atoms with Crippen LogP contribution in [0.2, 0.25) is 0 Å². The highest BCUT2D eigenvalue weighted by molar-refractivity contribution is 5.95. The van der Waals surface area contributed by atoms with Crippen LogP contribution in [0.15, 0.2) is 24.3 Å². The third-order valence-electron chi connectivity index (χ3n) is 3.06. The van der Waals surface area contributed by atoms with Crippen LogP contribution in [0.1, 0.15) is 23.7 Å². The summed E-state index contributed by atoms with van der Waals surface area (Å²) in [5.74, 6) is -0.00172. The summed E-state index contributed by atoms with van der Waals surface area (Å²) in [6, 6.07) is 6.84. The molecule has 0 bridgehead atoms. The van der Waals surface area contributed by atoms with Gasteiger partial charge in [-0.2, -0.15) is 0 Å². The number of nitrogens with two attached hydrogens (primary N) is 1. The summed E-state index contributed by atoms with van der Waals surface area (Å²) in [5, 5.41) is 0. The standard InChI is InChI=1S/C13H16N2O3/c1-9(16)10-2-4-11(5-3-10)15-12(8-14)6-7-18-13(15)17/h2-5,12H,6-8,14H2,1H3. The molecule has 5 nitrogen and oxygen atoms in total. The minimum atomic E-state index is -0.382. The highest BCUT2D eigenvalue weighted by atomic mass is 16.6. The van der Waals surface area contributed by atoms with Crippen molar-refractivity contribution in [2.75, 3.05) is 18.1 Å². The number of anilines is 1. The Kier molecular flexibility index (Phi) is 3.62. The van der Waals surface area contributed by atoms with Crippen LogP contribution in [0.5, 0.6) is 0 Å². The summed E-state index contributed by atoms with van der Waals surface area (Å²) >= 11 is 0. The van der Waals surface area contributed by atoms with Crippen LogP contribution < -0.4 is 10.6 Å². The SMILES string of the molecule is CC(=O)c1ccc(N2C(=O)OCCC2CN)cc1. The first-order valence-corrected chi connectivity index (χ1v) is 5.90. The summed E-state index contributed by atoms with van der Waals surface area (Å²) in [4.78, 5) is 24.5. The predicted octanol–water partition coefficient (Wildman–Crippen LogP) is 1.56. The van der Waals surface area contributed by atoms with Crippen molar-refractivity contribution in [2.24, 2.45) is 5.73 Å². The quantitative estimate of drug-likeness (QED) is 0.824. The fourth-order valence-corrected chi connectivity index (χ4v) is 2.03. The second-order valence-electron chi connectivity index (χ2n) is 4.27. The number of benzene rings is 1. The average Bonchev–Trinajstić information content (AvgIpc) is 2.38. The van der Waals surface area contributed by atoms with Crippen molar-refractivity contribution in [3.63, 3.8) is 0 Å². The molecule has 1 aromatic carbocycles. The molecule has 0 aromatic heterocycles. The van der Waals surface area contributed by atoms with Gasteiger partial charge in [0.2, 0.25) is 0 Å². The smallest absolute Gasteiger partial charge is 0.414 e. The molecule has 1 amide bonds. The van der Waals surface area contributed by atoms with Gasteiger partial charge >= 0.3 is 6.09 Å². The Morgan fingerprint density at radius 2 is 2.11 bits per heavy atom. The molecule has 5 heteroatoms. The number of carbonyl (C=O) groups is 2. The normalized spacial score (nSPS) is 19.6. The Balaban J connectivity index is 2.27. The van der Waals surface area contributed by atoms with Gasteiger partial charge in [0.15, 0.2) is 5.78 Å². The first kappa shape index (κ1) is 12.6. The van der Waals surface area contributed by atoms with Gasteiger partial charge in [-0.25, -0.2) is 4.79 Å². The fourth-order valence-electron chi connectivity index (χ4n) is 2.03. The van der Waals surface area contributed by atoms with Gasteiger partial charge in [-0.1, -0.05) is 0 Å². The molecule has 0 spiro atoms. The monoisotopic (exact) mass is 248 g/mol. The number of cyclic esters (lactones) is 1. The van der Waals surface area contributed by atoms with Gasteiger partial charge in [-0.15, -0.1) is 0 Å². The second-order valence-corrected chi connectivity index (χ2v) is 4.27. The molecular formula is C13H16N2O3. The van der Waals surface area contributed by atoms with Gasteiger partial charge in [0, 0.05) is 24.2 Å². The van der Waals surface area contributed by atoms with Crippen molar-refractivity contribution in [3.05, 3.63) is 29.8 Å². The molecular weight excluding hydrogens is 232 g/mol. The molecule has 1 saturated heterocycles. The van der Waals surface area contributed by atoms with E-state index >= 15 is 0 Å². The summed E-state index contributed by atoms with van der Waals surface area (Å²) in [6.45, 7) is 2.30. The molecule has 1 unspecified atom stereocenters. The number of amides is 1. The van der Waals surface area contributed by atoms with Gasteiger partial charge in [0.1, 0.15) is 0 Å². The van der Waals surface area contributed by atoms with Crippen LogP contribution in [-0.4, -0.2) is 31.1 Å². The molecule has 1 heterocycles. The third-order valence-corrected chi connectivity index (χ3v) is 3.06. The van der Waals surface area contributed by atoms with Crippen LogP contribution in [0.4, 0.5) is 10.5 Å². The predicted molar refractivity (Wildman–Crippen MR) is 67.7 cm³/mol. The lowest BCUT2D eigenvalue weighted by molar-refractivity contribution is 0.101. The summed E-state index contributed by atoms with van der Waals surface area (Å²) in [6.07, 6.45) is 0.337. The van der Waals surface area contributed by atoms with E-state index in [1.165, 1.54) is 6.92 Å². The maximum atomic E-state index is 11.8. The number of hydrogen-bond acceptors (Lipinski definition) is 4. The van der Waals surface area contributed by atoms with Crippen molar-refractivity contribution >= 4 is 17.6 Å². The molecule has 0 aliphatic carbocycles. The molecule has 18 heavy (non-hydrogen) atoms. The zero-order valence-electron chi connectivity index (χ0n) is 10.3. The maximum Gasteiger partial charge on any atom is 0.414 e. The lowest BCUT2D eigenvalue weighted by atomic mass is 10.1. The molecule has 2 N–H and O–H groups in total. The van der Waals surface area contributed by atoms with E-state index in [9.17, 15) is 9.59 Å². The Morgan fingerprint density at radius 3 is 2.67 bits per heavy atom. The summed E-state index contributed by atoms with van der Waals surface area (Å²) in [5.41, 5.74) is 7.00. The first-order valence-electron chi connectivity index (χ1n) is 5.90. The molecule has 1 fully saturated rings. The minimum Gasteiger partial charge on any atom is -0.449 e. The Hall–Kier alpha value is -1.88. The molecule has 0 saturated carbocycles. The number of Topliss-reactive ketones (excluding diaryl/α,β-unsaturated/α-hetero) is 1. The van der Waals surface area contributed by atoms with E-state index in [0.717, 1.165) is 6.42 Å². The zero-order chi connectivity index (χ0) is 13.1. The molecule has 96 valence electrons. The molecule has 1 atom stereocenters. The maximum absolute atomic E-state index is 11.8. The average molecular weight is 248 g/mol. The summed E-state index contributed by atoms with van der Waals surface area (Å²) in [7, 11) is 0. The van der Waals surface area contributed by atoms with E-state index in [4.69, 9.17) is 10.5 Å². The first-order chi connectivity index (χ1) is 8.63. The Morgan fingerprint density at radius 1 is 1.44 bits per heavy atom. The van der Waals surface area contributed by atoms with E-state index in [1.54, 1.807) is 29.2 Å². The lowest BCUT2D eigenvalue weighted by Crippen LogP contribution is -2.49. The summed E-state index contributed by atoms with van der Waals surface area (Å²) < 4.78 is 5.02. The zero-order valence-corrected chi connectivity index (χ0v) is 10.3. The highest BCUT2D eigenvalue weighted by Crippen LogP contribution is 2.23. The molecule has 1 aromatic rings. The number of hydrogen-bond donors (Lipinski definition) is 1. The van der Waals surface area contributed by atoms with Crippen LogP contribution in [-0.2, 0) is 4.74 Å². The number of nitrogens with zero attached hydrogens (tertiary/aromatic N) is 1. The number of carbonyl (C=O) groups excluding carboxylic acids is 2. The van der Waals surface area contributed by atoms with E-state index in [0.29, 0.717) is 24.4 Å². The van der Waals surface area contributed by atoms with Gasteiger partial charge in [0.25, 0.3) is 0 Å². The number of ether oxygens (including phenoxy) is 1. The molecule has 2 rings (SSSR count). The van der Waals surface area contributed by atoms with Crippen molar-refractivity contribution in [2.45, 2.75) is 19.4 Å². The number of rotatable bonds is 3. The van der Waals surface area contributed by atoms with Crippen LogP contribution in [0.25, 0.3) is 0 Å². The van der Waals surface area contributed by atoms with Gasteiger partial charge in [-0.3, -0.25) is 9.69 Å². The lowest BCUT2D eigenvalue weighted by Gasteiger charge is -2.34. The third kappa shape index (κ3) is 2.36. The van der Waals surface area contributed by atoms with Crippen molar-refractivity contribution in [3.8, 4) is 0 Å². The van der Waals surface area contributed by atoms with Crippen molar-refractivity contribution < 1.29 is 14.3 Å². The minimum absolute atomic E-state index is 0.00172. The van der Waals surface area contributed by atoms with Crippen LogP contribution in [0, 0.1) is 0 Å². The Bertz CT molecular complexity index is 456. The van der Waals surface area contributed by atoms with Crippen LogP contribution in [0.3, 0.4) is 0 Å². The second kappa shape index (κ2) is 5.18. The molecule has 1 aliphatic rings. The van der Waals surface area contributed by atoms with E-state index in [2.05, 4.69) is 0 Å². The van der Waals surface area contributed by atoms with Gasteiger partial charge < -0.3 is 10.5 Å². The van der Waals surface area contributed by atoms with Gasteiger partial charge in [0.05, 0.1) is 12.6 Å². The van der Waals surface area contributed by atoms with Gasteiger partial charge in [-0.05, 0) is 31.2 Å². The topological polar surface area (TPSA) is 72.6 Å². The number of ketones is 1. The van der Waals surface area contributed by atoms with E-state index < -0.39 is 0 Å².